The largest absolute Gasteiger partial charge is 0.496 e. The first-order valence-corrected chi connectivity index (χ1v) is 11.9. The van der Waals surface area contributed by atoms with Gasteiger partial charge in [0.1, 0.15) is 11.5 Å². The molecule has 0 radical (unpaired) electrons. The van der Waals surface area contributed by atoms with Crippen molar-refractivity contribution in [1.82, 2.24) is 0 Å². The van der Waals surface area contributed by atoms with Crippen molar-refractivity contribution < 1.29 is 23.8 Å². The van der Waals surface area contributed by atoms with Crippen LogP contribution in [0.3, 0.4) is 0 Å². The molecule has 0 aromatic heterocycles. The fourth-order valence-corrected chi connectivity index (χ4v) is 4.24. The van der Waals surface area contributed by atoms with Crippen molar-refractivity contribution in [2.75, 3.05) is 26.6 Å². The van der Waals surface area contributed by atoms with E-state index in [2.05, 4.69) is 33.0 Å². The quantitative estimate of drug-likeness (QED) is 0.374. The van der Waals surface area contributed by atoms with E-state index in [1.165, 1.54) is 7.11 Å². The number of amides is 1. The Bertz CT molecular complexity index is 1010. The zero-order valence-electron chi connectivity index (χ0n) is 21.2. The molecule has 0 heterocycles. The summed E-state index contributed by atoms with van der Waals surface area (Å²) in [6, 6.07) is 8.84. The lowest BCUT2D eigenvalue weighted by molar-refractivity contribution is -0.116. The third-order valence-electron chi connectivity index (χ3n) is 5.80. The minimum atomic E-state index is -0.450. The monoisotopic (exact) mass is 489 g/mol. The molecule has 1 atom stereocenters. The molecule has 0 saturated carbocycles. The number of unbranched alkanes of at least 4 members (excludes halogenated alkanes) is 1. The van der Waals surface area contributed by atoms with E-state index in [-0.39, 0.29) is 23.7 Å². The van der Waals surface area contributed by atoms with Gasteiger partial charge in [0.05, 0.1) is 31.9 Å². The highest BCUT2D eigenvalue weighted by atomic mass is 35.5. The lowest BCUT2D eigenvalue weighted by atomic mass is 9.85. The molecule has 0 bridgehead atoms. The van der Waals surface area contributed by atoms with Crippen molar-refractivity contribution in [1.29, 1.82) is 0 Å². The van der Waals surface area contributed by atoms with Crippen molar-refractivity contribution in [3.63, 3.8) is 0 Å². The van der Waals surface area contributed by atoms with Crippen LogP contribution in [0.15, 0.2) is 30.3 Å². The fraction of sp³-hybridized carbons (Fsp3) is 0.481. The zero-order chi connectivity index (χ0) is 25.5. The second-order valence-corrected chi connectivity index (χ2v) is 9.73. The standard InChI is InChI=1S/C27H36ClNO5/c1-8-9-10-17(19-15-21(28)24(33-6)16-23(19)32-5)14-25(30)29-22-13-18(26(31)34-7)11-12-20(22)27(2,3)4/h11-13,15-17H,8-10,14H2,1-7H3,(H,29,30). The van der Waals surface area contributed by atoms with E-state index >= 15 is 0 Å². The molecule has 0 fully saturated rings. The molecule has 2 aromatic rings. The molecular formula is C27H36ClNO5. The number of hydrogen-bond donors (Lipinski definition) is 1. The van der Waals surface area contributed by atoms with Gasteiger partial charge >= 0.3 is 5.97 Å². The number of benzene rings is 2. The average molecular weight is 490 g/mol. The summed E-state index contributed by atoms with van der Waals surface area (Å²) in [4.78, 5) is 25.3. The maximum atomic E-state index is 13.3. The number of carbonyl (C=O) groups is 2. The van der Waals surface area contributed by atoms with E-state index < -0.39 is 5.97 Å². The van der Waals surface area contributed by atoms with Crippen LogP contribution in [0.5, 0.6) is 11.5 Å². The molecule has 1 amide bonds. The molecule has 2 rings (SSSR count). The van der Waals surface area contributed by atoms with E-state index in [0.29, 0.717) is 27.8 Å². The van der Waals surface area contributed by atoms with E-state index in [1.807, 2.05) is 12.1 Å². The molecule has 1 unspecified atom stereocenters. The zero-order valence-corrected chi connectivity index (χ0v) is 22.0. The SMILES string of the molecule is CCCCC(CC(=O)Nc1cc(C(=O)OC)ccc1C(C)(C)C)c1cc(Cl)c(OC)cc1OC. The topological polar surface area (TPSA) is 73.9 Å². The van der Waals surface area contributed by atoms with Gasteiger partial charge in [-0.2, -0.15) is 0 Å². The maximum absolute atomic E-state index is 13.3. The molecule has 0 saturated heterocycles. The van der Waals surface area contributed by atoms with E-state index in [9.17, 15) is 9.59 Å². The third-order valence-corrected chi connectivity index (χ3v) is 6.10. The van der Waals surface area contributed by atoms with Crippen LogP contribution in [0.1, 0.15) is 80.8 Å². The fourth-order valence-electron chi connectivity index (χ4n) is 3.99. The summed E-state index contributed by atoms with van der Waals surface area (Å²) in [7, 11) is 4.48. The molecule has 0 spiro atoms. The van der Waals surface area contributed by atoms with Crippen molar-refractivity contribution in [2.24, 2.45) is 0 Å². The van der Waals surface area contributed by atoms with Gasteiger partial charge < -0.3 is 19.5 Å². The summed E-state index contributed by atoms with van der Waals surface area (Å²) < 4.78 is 15.8. The van der Waals surface area contributed by atoms with Crippen LogP contribution in [0.25, 0.3) is 0 Å². The number of methoxy groups -OCH3 is 3. The number of ether oxygens (including phenoxy) is 3. The summed E-state index contributed by atoms with van der Waals surface area (Å²) in [5.74, 6) is 0.464. The normalized spacial score (nSPS) is 12.1. The number of anilines is 1. The van der Waals surface area contributed by atoms with Crippen LogP contribution in [-0.4, -0.2) is 33.2 Å². The van der Waals surface area contributed by atoms with Gasteiger partial charge in [0.25, 0.3) is 0 Å². The summed E-state index contributed by atoms with van der Waals surface area (Å²) in [5, 5.41) is 3.52. The number of esters is 1. The molecule has 0 aliphatic heterocycles. The summed E-state index contributed by atoms with van der Waals surface area (Å²) in [5.41, 5.74) is 2.57. The second kappa shape index (κ2) is 12.1. The Kier molecular flexibility index (Phi) is 9.80. The summed E-state index contributed by atoms with van der Waals surface area (Å²) in [6.45, 7) is 8.29. The van der Waals surface area contributed by atoms with Crippen molar-refractivity contribution >= 4 is 29.2 Å². The number of carbonyl (C=O) groups excluding carboxylic acids is 2. The molecule has 0 aliphatic carbocycles. The van der Waals surface area contributed by atoms with Gasteiger partial charge in [0, 0.05) is 18.2 Å². The Morgan fingerprint density at radius 3 is 2.26 bits per heavy atom. The first-order chi connectivity index (χ1) is 16.0. The predicted octanol–water partition coefficient (Wildman–Crippen LogP) is 6.74. The van der Waals surface area contributed by atoms with Crippen LogP contribution < -0.4 is 14.8 Å². The van der Waals surface area contributed by atoms with Crippen LogP contribution in [0.2, 0.25) is 5.02 Å². The minimum absolute atomic E-state index is 0.0971. The number of halogens is 1. The Morgan fingerprint density at radius 1 is 1.03 bits per heavy atom. The van der Waals surface area contributed by atoms with E-state index in [4.69, 9.17) is 25.8 Å². The highest BCUT2D eigenvalue weighted by molar-refractivity contribution is 6.32. The second-order valence-electron chi connectivity index (χ2n) is 9.32. The molecule has 7 heteroatoms. The number of rotatable bonds is 10. The number of hydrogen-bond acceptors (Lipinski definition) is 5. The van der Waals surface area contributed by atoms with Crippen molar-refractivity contribution in [3.05, 3.63) is 52.0 Å². The first kappa shape index (κ1) is 27.5. The average Bonchev–Trinajstić information content (AvgIpc) is 2.80. The molecule has 186 valence electrons. The predicted molar refractivity (Wildman–Crippen MR) is 137 cm³/mol. The van der Waals surface area contributed by atoms with Gasteiger partial charge in [-0.3, -0.25) is 4.79 Å². The molecule has 2 aromatic carbocycles. The molecule has 0 aliphatic rings. The van der Waals surface area contributed by atoms with E-state index in [1.54, 1.807) is 32.4 Å². The number of nitrogens with one attached hydrogen (secondary N) is 1. The van der Waals surface area contributed by atoms with Crippen LogP contribution in [0.4, 0.5) is 5.69 Å². The van der Waals surface area contributed by atoms with Crippen molar-refractivity contribution in [2.45, 2.75) is 64.7 Å². The van der Waals surface area contributed by atoms with Gasteiger partial charge in [-0.05, 0) is 47.1 Å². The summed E-state index contributed by atoms with van der Waals surface area (Å²) in [6.07, 6.45) is 3.00. The molecular weight excluding hydrogens is 454 g/mol. The first-order valence-electron chi connectivity index (χ1n) is 11.5. The Labute approximate surface area is 207 Å². The highest BCUT2D eigenvalue weighted by Gasteiger charge is 2.24. The summed E-state index contributed by atoms with van der Waals surface area (Å²) >= 11 is 6.41. The third kappa shape index (κ3) is 6.89. The Hall–Kier alpha value is -2.73. The van der Waals surface area contributed by atoms with Gasteiger partial charge in [-0.25, -0.2) is 4.79 Å². The lowest BCUT2D eigenvalue weighted by Gasteiger charge is -2.25. The van der Waals surface area contributed by atoms with Gasteiger partial charge in [0.2, 0.25) is 5.91 Å². The molecule has 6 nitrogen and oxygen atoms in total. The van der Waals surface area contributed by atoms with Crippen LogP contribution in [-0.2, 0) is 14.9 Å². The highest BCUT2D eigenvalue weighted by Crippen LogP contribution is 2.40. The van der Waals surface area contributed by atoms with Crippen molar-refractivity contribution in [3.8, 4) is 11.5 Å². The van der Waals surface area contributed by atoms with E-state index in [0.717, 1.165) is 30.4 Å². The Morgan fingerprint density at radius 2 is 1.71 bits per heavy atom. The minimum Gasteiger partial charge on any atom is -0.496 e. The van der Waals surface area contributed by atoms with Crippen LogP contribution in [0, 0.1) is 0 Å². The smallest absolute Gasteiger partial charge is 0.337 e. The van der Waals surface area contributed by atoms with Gasteiger partial charge in [-0.15, -0.1) is 0 Å². The van der Waals surface area contributed by atoms with Gasteiger partial charge in [-0.1, -0.05) is 58.2 Å². The molecule has 1 N–H and O–H groups in total. The maximum Gasteiger partial charge on any atom is 0.337 e. The molecule has 34 heavy (non-hydrogen) atoms. The Balaban J connectivity index is 2.40. The van der Waals surface area contributed by atoms with Crippen LogP contribution >= 0.6 is 11.6 Å². The lowest BCUT2D eigenvalue weighted by Crippen LogP contribution is -2.21. The van der Waals surface area contributed by atoms with Gasteiger partial charge in [0.15, 0.2) is 0 Å².